The number of phosphoric ester groups is 2. The van der Waals surface area contributed by atoms with Crippen LogP contribution >= 0.6 is 15.6 Å². The van der Waals surface area contributed by atoms with Gasteiger partial charge in [-0.2, -0.15) is 0 Å². The molecule has 0 saturated carbocycles. The highest BCUT2D eigenvalue weighted by molar-refractivity contribution is 7.46. The van der Waals surface area contributed by atoms with E-state index < -0.39 is 64.1 Å². The summed E-state index contributed by atoms with van der Waals surface area (Å²) in [5.41, 5.74) is -0.227. The van der Waals surface area contributed by atoms with Crippen LogP contribution in [0.25, 0.3) is 5.69 Å². The van der Waals surface area contributed by atoms with Crippen LogP contribution < -0.4 is 19.1 Å². The van der Waals surface area contributed by atoms with Gasteiger partial charge in [-0.1, -0.05) is 24.3 Å². The summed E-state index contributed by atoms with van der Waals surface area (Å²) in [6.45, 7) is -1.01. The van der Waals surface area contributed by atoms with Gasteiger partial charge in [-0.05, 0) is 59.7 Å². The van der Waals surface area contributed by atoms with Crippen molar-refractivity contribution in [3.63, 3.8) is 0 Å². The molecule has 4 rings (SSSR count). The second-order valence-corrected chi connectivity index (χ2v) is 13.9. The molecule has 1 heterocycles. The van der Waals surface area contributed by atoms with Gasteiger partial charge in [-0.25, -0.2) is 14.2 Å². The van der Waals surface area contributed by atoms with Crippen LogP contribution in [-0.4, -0.2) is 88.1 Å². The standard InChI is InChI=1S/C33H35N3O15P2/c1-34(2)30(37)26-28(50-32(39)22-10-6-20(7-11-22)18-48-52(41,42)43)29(51-33(40)23-12-8-21(9-13-23)19-49-53(44,45)46)27(31(38)35(3)4)36(26)24-14-16-25(47-5)17-15-24/h6-17H,18-19H2,1-5H3,(H2,41,42,43)(H2,44,45,46)/p-1. The van der Waals surface area contributed by atoms with Crippen molar-refractivity contribution in [3.05, 3.63) is 106 Å². The number of rotatable bonds is 14. The van der Waals surface area contributed by atoms with Gasteiger partial charge in [0, 0.05) is 33.9 Å². The molecule has 0 bridgehead atoms. The van der Waals surface area contributed by atoms with Gasteiger partial charge in [0.1, 0.15) is 5.75 Å². The van der Waals surface area contributed by atoms with Gasteiger partial charge in [-0.3, -0.25) is 23.2 Å². The molecule has 0 spiro atoms. The van der Waals surface area contributed by atoms with Crippen LogP contribution in [0.5, 0.6) is 17.2 Å². The molecular formula is C33H34N3O15P2-. The number of aromatic nitrogens is 1. The molecule has 1 aromatic heterocycles. The van der Waals surface area contributed by atoms with E-state index in [0.29, 0.717) is 11.3 Å². The van der Waals surface area contributed by atoms with Crippen LogP contribution in [-0.2, 0) is 31.4 Å². The Morgan fingerprint density at radius 2 is 1.06 bits per heavy atom. The topological polar surface area (TPSA) is 244 Å². The SMILES string of the molecule is COc1ccc(-n2c(C(=O)N(C)C)c(OC(=O)c3ccc(COP(=O)([O-])O)cc3)c(OC(=O)c3ccc(COP(=O)(O)O)cc3)c2C(=O)N(C)C)cc1. The molecule has 0 fully saturated rings. The Morgan fingerprint density at radius 1 is 0.660 bits per heavy atom. The number of hydrogen-bond acceptors (Lipinski definition) is 12. The maximum absolute atomic E-state index is 14.0. The molecule has 0 radical (unpaired) electrons. The molecule has 4 aromatic rings. The number of ether oxygens (including phenoxy) is 3. The number of benzene rings is 3. The summed E-state index contributed by atoms with van der Waals surface area (Å²) in [6, 6.07) is 16.5. The lowest BCUT2D eigenvalue weighted by Crippen LogP contribution is -2.28. The van der Waals surface area contributed by atoms with Crippen LogP contribution in [0.3, 0.4) is 0 Å². The monoisotopic (exact) mass is 774 g/mol. The fourth-order valence-corrected chi connectivity index (χ4v) is 5.24. The van der Waals surface area contributed by atoms with Crippen molar-refractivity contribution in [2.24, 2.45) is 0 Å². The zero-order valence-corrected chi connectivity index (χ0v) is 30.6. The van der Waals surface area contributed by atoms with Crippen molar-refractivity contribution >= 4 is 39.4 Å². The summed E-state index contributed by atoms with van der Waals surface area (Å²) in [7, 11) is -2.73. The molecule has 1 atom stereocenters. The predicted molar refractivity (Wildman–Crippen MR) is 183 cm³/mol. The van der Waals surface area contributed by atoms with Crippen molar-refractivity contribution in [1.82, 2.24) is 14.4 Å². The first-order chi connectivity index (χ1) is 24.8. The van der Waals surface area contributed by atoms with Gasteiger partial charge in [0.25, 0.3) is 19.6 Å². The first-order valence-corrected chi connectivity index (χ1v) is 18.2. The van der Waals surface area contributed by atoms with Crippen LogP contribution in [0.2, 0.25) is 0 Å². The largest absolute Gasteiger partial charge is 0.756 e. The lowest BCUT2D eigenvalue weighted by molar-refractivity contribution is -0.221. The normalized spacial score (nSPS) is 12.4. The zero-order valence-electron chi connectivity index (χ0n) is 28.8. The first-order valence-electron chi connectivity index (χ1n) is 15.2. The summed E-state index contributed by atoms with van der Waals surface area (Å²) in [5.74, 6) is -4.47. The van der Waals surface area contributed by atoms with Gasteiger partial charge in [-0.15, -0.1) is 0 Å². The predicted octanol–water partition coefficient (Wildman–Crippen LogP) is 2.91. The Hall–Kier alpha value is -5.16. The van der Waals surface area contributed by atoms with Crippen LogP contribution in [0.1, 0.15) is 52.8 Å². The fourth-order valence-electron chi connectivity index (χ4n) is 4.61. The summed E-state index contributed by atoms with van der Waals surface area (Å²) < 4.78 is 49.0. The molecule has 2 amide bonds. The number of phosphoric acid groups is 2. The third-order valence-corrected chi connectivity index (χ3v) is 8.12. The van der Waals surface area contributed by atoms with Crippen molar-refractivity contribution in [2.75, 3.05) is 35.3 Å². The molecule has 3 N–H and O–H groups in total. The number of esters is 2. The van der Waals surface area contributed by atoms with Crippen LogP contribution in [0, 0.1) is 0 Å². The highest BCUT2D eigenvalue weighted by atomic mass is 31.2. The number of carbonyl (C=O) groups is 4. The van der Waals surface area contributed by atoms with E-state index in [1.54, 1.807) is 12.1 Å². The minimum absolute atomic E-state index is 0.105. The highest BCUT2D eigenvalue weighted by Crippen LogP contribution is 2.43. The minimum atomic E-state index is -5.02. The molecule has 3 aromatic carbocycles. The van der Waals surface area contributed by atoms with Gasteiger partial charge in [0.15, 0.2) is 11.4 Å². The lowest BCUT2D eigenvalue weighted by Gasteiger charge is -2.18. The summed E-state index contributed by atoms with van der Waals surface area (Å²) in [4.78, 5) is 95.4. The Labute approximate surface area is 302 Å². The Balaban J connectivity index is 1.90. The zero-order chi connectivity index (χ0) is 39.2. The van der Waals surface area contributed by atoms with E-state index >= 15 is 0 Å². The van der Waals surface area contributed by atoms with Crippen LogP contribution in [0.15, 0.2) is 72.8 Å². The smallest absolute Gasteiger partial charge is 0.469 e. The molecule has 282 valence electrons. The summed E-state index contributed by atoms with van der Waals surface area (Å²) in [5, 5.41) is 0. The van der Waals surface area contributed by atoms with Crippen molar-refractivity contribution in [1.29, 1.82) is 0 Å². The van der Waals surface area contributed by atoms with E-state index in [1.165, 1.54) is 101 Å². The quantitative estimate of drug-likeness (QED) is 0.123. The Morgan fingerprint density at radius 3 is 1.40 bits per heavy atom. The third kappa shape index (κ3) is 10.5. The Bertz CT molecular complexity index is 1960. The average Bonchev–Trinajstić information content (AvgIpc) is 3.41. The number of methoxy groups -OCH3 is 1. The highest BCUT2D eigenvalue weighted by Gasteiger charge is 2.38. The maximum atomic E-state index is 14.0. The van der Waals surface area contributed by atoms with E-state index in [4.69, 9.17) is 28.9 Å². The fraction of sp³-hybridized carbons (Fsp3) is 0.212. The minimum Gasteiger partial charge on any atom is -0.756 e. The molecule has 18 nitrogen and oxygen atoms in total. The van der Waals surface area contributed by atoms with Crippen molar-refractivity contribution in [2.45, 2.75) is 13.2 Å². The van der Waals surface area contributed by atoms with E-state index in [-0.39, 0.29) is 33.8 Å². The summed E-state index contributed by atoms with van der Waals surface area (Å²) in [6.07, 6.45) is 0. The molecule has 20 heteroatoms. The van der Waals surface area contributed by atoms with E-state index in [1.807, 2.05) is 0 Å². The molecular weight excluding hydrogens is 740 g/mol. The lowest BCUT2D eigenvalue weighted by atomic mass is 10.1. The third-order valence-electron chi connectivity index (χ3n) is 7.19. The first kappa shape index (κ1) is 40.6. The molecule has 0 saturated heterocycles. The second kappa shape index (κ2) is 16.7. The second-order valence-electron chi connectivity index (χ2n) is 11.5. The van der Waals surface area contributed by atoms with Gasteiger partial charge in [0.05, 0.1) is 31.5 Å². The average molecular weight is 775 g/mol. The van der Waals surface area contributed by atoms with E-state index in [9.17, 15) is 33.2 Å². The molecule has 53 heavy (non-hydrogen) atoms. The molecule has 0 aliphatic heterocycles. The maximum Gasteiger partial charge on any atom is 0.469 e. The number of hydrogen-bond donors (Lipinski definition) is 3. The van der Waals surface area contributed by atoms with E-state index in [2.05, 4.69) is 9.05 Å². The van der Waals surface area contributed by atoms with Gasteiger partial charge >= 0.3 is 19.8 Å². The number of nitrogens with zero attached hydrogens (tertiary/aromatic N) is 3. The molecule has 1 unspecified atom stereocenters. The van der Waals surface area contributed by atoms with Crippen molar-refractivity contribution < 1.29 is 71.1 Å². The van der Waals surface area contributed by atoms with Gasteiger partial charge < -0.3 is 48.1 Å². The molecule has 0 aliphatic rings. The number of amides is 2. The molecule has 0 aliphatic carbocycles. The van der Waals surface area contributed by atoms with Gasteiger partial charge in [0.2, 0.25) is 11.5 Å². The van der Waals surface area contributed by atoms with Crippen molar-refractivity contribution in [3.8, 4) is 22.9 Å². The van der Waals surface area contributed by atoms with E-state index in [0.717, 1.165) is 9.80 Å². The Kier molecular flexibility index (Phi) is 12.8. The van der Waals surface area contributed by atoms with Crippen LogP contribution in [0.4, 0.5) is 0 Å². The number of carbonyl (C=O) groups excluding carboxylic acids is 4. The summed E-state index contributed by atoms with van der Waals surface area (Å²) >= 11 is 0.